The first-order valence-corrected chi connectivity index (χ1v) is 7.41. The Kier molecular flexibility index (Phi) is 6.20. The number of hydrogen-bond acceptors (Lipinski definition) is 3. The van der Waals surface area contributed by atoms with E-state index in [1.165, 1.54) is 0 Å². The molecule has 0 spiro atoms. The van der Waals surface area contributed by atoms with Gasteiger partial charge in [-0.3, -0.25) is 4.79 Å². The summed E-state index contributed by atoms with van der Waals surface area (Å²) in [6, 6.07) is 7.42. The SMILES string of the molecule is CC(C)(C)OC(=O)NC[C@H](Cc1ccccc1Br)C(=O)O. The van der Waals surface area contributed by atoms with Crippen molar-refractivity contribution in [3.05, 3.63) is 34.3 Å². The fourth-order valence-corrected chi connectivity index (χ4v) is 2.14. The van der Waals surface area contributed by atoms with Gasteiger partial charge in [0.1, 0.15) is 5.60 Å². The number of carbonyl (C=O) groups is 2. The van der Waals surface area contributed by atoms with E-state index in [1.807, 2.05) is 24.3 Å². The van der Waals surface area contributed by atoms with Crippen LogP contribution in [-0.2, 0) is 16.0 Å². The van der Waals surface area contributed by atoms with Crippen molar-refractivity contribution in [2.45, 2.75) is 32.8 Å². The number of halogens is 1. The first-order chi connectivity index (χ1) is 9.69. The van der Waals surface area contributed by atoms with Gasteiger partial charge in [0.2, 0.25) is 0 Å². The Morgan fingerprint density at radius 1 is 1.33 bits per heavy atom. The Bertz CT molecular complexity index is 511. The number of amides is 1. The molecule has 1 aromatic rings. The van der Waals surface area contributed by atoms with Crippen molar-refractivity contribution in [3.8, 4) is 0 Å². The van der Waals surface area contributed by atoms with Crippen molar-refractivity contribution in [3.63, 3.8) is 0 Å². The van der Waals surface area contributed by atoms with Crippen LogP contribution in [0, 0.1) is 5.92 Å². The Morgan fingerprint density at radius 2 is 1.95 bits per heavy atom. The van der Waals surface area contributed by atoms with E-state index in [2.05, 4.69) is 21.2 Å². The fourth-order valence-electron chi connectivity index (χ4n) is 1.70. The minimum atomic E-state index is -0.957. The Hall–Kier alpha value is -1.56. The second-order valence-electron chi connectivity index (χ2n) is 5.71. The number of benzene rings is 1. The molecule has 0 radical (unpaired) electrons. The molecule has 0 aliphatic carbocycles. The summed E-state index contributed by atoms with van der Waals surface area (Å²) in [6.45, 7) is 5.28. The summed E-state index contributed by atoms with van der Waals surface area (Å²) in [5.41, 5.74) is 0.279. The van der Waals surface area contributed by atoms with E-state index in [4.69, 9.17) is 4.74 Å². The molecular weight excluding hydrogens is 338 g/mol. The lowest BCUT2D eigenvalue weighted by atomic mass is 9.99. The van der Waals surface area contributed by atoms with Crippen LogP contribution in [0.5, 0.6) is 0 Å². The van der Waals surface area contributed by atoms with Crippen LogP contribution in [0.1, 0.15) is 26.3 Å². The van der Waals surface area contributed by atoms with Crippen LogP contribution >= 0.6 is 15.9 Å². The van der Waals surface area contributed by atoms with Crippen LogP contribution in [0.15, 0.2) is 28.7 Å². The van der Waals surface area contributed by atoms with E-state index >= 15 is 0 Å². The van der Waals surface area contributed by atoms with Crippen molar-refractivity contribution >= 4 is 28.0 Å². The van der Waals surface area contributed by atoms with Gasteiger partial charge in [-0.25, -0.2) is 4.79 Å². The van der Waals surface area contributed by atoms with Gasteiger partial charge in [0.25, 0.3) is 0 Å². The maximum absolute atomic E-state index is 11.6. The summed E-state index contributed by atoms with van der Waals surface area (Å²) < 4.78 is 5.94. The molecule has 0 aromatic heterocycles. The topological polar surface area (TPSA) is 75.6 Å². The molecule has 1 rings (SSSR count). The summed E-state index contributed by atoms with van der Waals surface area (Å²) in [5.74, 6) is -1.67. The predicted octanol–water partition coefficient (Wildman–Crippen LogP) is 3.22. The molecule has 2 N–H and O–H groups in total. The molecule has 1 aromatic carbocycles. The smallest absolute Gasteiger partial charge is 0.407 e. The lowest BCUT2D eigenvalue weighted by Gasteiger charge is -2.21. The molecule has 0 aliphatic rings. The molecule has 1 atom stereocenters. The zero-order valence-corrected chi connectivity index (χ0v) is 13.9. The molecule has 0 saturated carbocycles. The zero-order valence-electron chi connectivity index (χ0n) is 12.4. The number of ether oxygens (including phenoxy) is 1. The minimum Gasteiger partial charge on any atom is -0.481 e. The van der Waals surface area contributed by atoms with Gasteiger partial charge in [0.05, 0.1) is 5.92 Å². The van der Waals surface area contributed by atoms with Crippen LogP contribution in [0.25, 0.3) is 0 Å². The molecule has 0 bridgehead atoms. The van der Waals surface area contributed by atoms with E-state index in [0.29, 0.717) is 6.42 Å². The molecule has 116 valence electrons. The van der Waals surface area contributed by atoms with Crippen molar-refractivity contribution in [1.29, 1.82) is 0 Å². The van der Waals surface area contributed by atoms with Crippen LogP contribution in [0.4, 0.5) is 4.79 Å². The Balaban J connectivity index is 2.61. The summed E-state index contributed by atoms with van der Waals surface area (Å²) in [5, 5.41) is 11.8. The number of aliphatic carboxylic acids is 1. The van der Waals surface area contributed by atoms with E-state index in [-0.39, 0.29) is 6.54 Å². The number of carboxylic acid groups (broad SMARTS) is 1. The fraction of sp³-hybridized carbons (Fsp3) is 0.467. The molecule has 6 heteroatoms. The minimum absolute atomic E-state index is 0.0194. The summed E-state index contributed by atoms with van der Waals surface area (Å²) >= 11 is 3.39. The van der Waals surface area contributed by atoms with Crippen LogP contribution < -0.4 is 5.32 Å². The average molecular weight is 358 g/mol. The van der Waals surface area contributed by atoms with Crippen LogP contribution in [0.3, 0.4) is 0 Å². The maximum atomic E-state index is 11.6. The number of alkyl carbamates (subject to hydrolysis) is 1. The van der Waals surface area contributed by atoms with Gasteiger partial charge in [-0.1, -0.05) is 34.1 Å². The summed E-state index contributed by atoms with van der Waals surface area (Å²) in [4.78, 5) is 22.9. The maximum Gasteiger partial charge on any atom is 0.407 e. The average Bonchev–Trinajstić information content (AvgIpc) is 2.34. The number of carbonyl (C=O) groups excluding carboxylic acids is 1. The molecular formula is C15H20BrNO4. The summed E-state index contributed by atoms with van der Waals surface area (Å²) in [7, 11) is 0. The molecule has 1 amide bonds. The largest absolute Gasteiger partial charge is 0.481 e. The number of hydrogen-bond donors (Lipinski definition) is 2. The molecule has 0 heterocycles. The van der Waals surface area contributed by atoms with Crippen LogP contribution in [-0.4, -0.2) is 29.3 Å². The first-order valence-electron chi connectivity index (χ1n) is 6.62. The number of nitrogens with one attached hydrogen (secondary N) is 1. The summed E-state index contributed by atoms with van der Waals surface area (Å²) in [6.07, 6.45) is -0.284. The highest BCUT2D eigenvalue weighted by molar-refractivity contribution is 9.10. The molecule has 0 fully saturated rings. The van der Waals surface area contributed by atoms with Gasteiger partial charge in [-0.15, -0.1) is 0 Å². The second-order valence-corrected chi connectivity index (χ2v) is 6.57. The zero-order chi connectivity index (χ0) is 16.0. The van der Waals surface area contributed by atoms with Gasteiger partial charge in [-0.2, -0.15) is 0 Å². The lowest BCUT2D eigenvalue weighted by molar-refractivity contribution is -0.141. The third-order valence-corrected chi connectivity index (χ3v) is 3.44. The first kappa shape index (κ1) is 17.5. The Morgan fingerprint density at radius 3 is 2.48 bits per heavy atom. The molecule has 21 heavy (non-hydrogen) atoms. The molecule has 5 nitrogen and oxygen atoms in total. The predicted molar refractivity (Wildman–Crippen MR) is 83.2 cm³/mol. The van der Waals surface area contributed by atoms with Crippen LogP contribution in [0.2, 0.25) is 0 Å². The second kappa shape index (κ2) is 7.45. The highest BCUT2D eigenvalue weighted by Crippen LogP contribution is 2.19. The normalized spacial score (nSPS) is 12.6. The lowest BCUT2D eigenvalue weighted by Crippen LogP contribution is -2.37. The van der Waals surface area contributed by atoms with E-state index < -0.39 is 23.6 Å². The molecule has 0 unspecified atom stereocenters. The van der Waals surface area contributed by atoms with Gasteiger partial charge in [0.15, 0.2) is 0 Å². The van der Waals surface area contributed by atoms with Crippen molar-refractivity contribution in [2.75, 3.05) is 6.54 Å². The number of rotatable bonds is 5. The van der Waals surface area contributed by atoms with Crippen molar-refractivity contribution in [2.24, 2.45) is 5.92 Å². The molecule has 0 aliphatic heterocycles. The van der Waals surface area contributed by atoms with Crippen molar-refractivity contribution < 1.29 is 19.4 Å². The third kappa shape index (κ3) is 6.62. The number of carboxylic acids is 1. The quantitative estimate of drug-likeness (QED) is 0.848. The van der Waals surface area contributed by atoms with Crippen molar-refractivity contribution in [1.82, 2.24) is 5.32 Å². The Labute approximate surface area is 132 Å². The van der Waals surface area contributed by atoms with Gasteiger partial charge >= 0.3 is 12.1 Å². The molecule has 0 saturated heterocycles. The highest BCUT2D eigenvalue weighted by atomic mass is 79.9. The highest BCUT2D eigenvalue weighted by Gasteiger charge is 2.22. The standard InChI is InChI=1S/C15H20BrNO4/c1-15(2,3)21-14(20)17-9-11(13(18)19)8-10-6-4-5-7-12(10)16/h4-7,11H,8-9H2,1-3H3,(H,17,20)(H,18,19)/t11-/m0/s1. The van der Waals surface area contributed by atoms with Gasteiger partial charge in [0, 0.05) is 11.0 Å². The van der Waals surface area contributed by atoms with Gasteiger partial charge < -0.3 is 15.2 Å². The van der Waals surface area contributed by atoms with E-state index in [0.717, 1.165) is 10.0 Å². The monoisotopic (exact) mass is 357 g/mol. The van der Waals surface area contributed by atoms with Gasteiger partial charge in [-0.05, 0) is 38.8 Å². The third-order valence-electron chi connectivity index (χ3n) is 2.67. The van der Waals surface area contributed by atoms with E-state index in [1.54, 1.807) is 20.8 Å². The van der Waals surface area contributed by atoms with E-state index in [9.17, 15) is 14.7 Å².